The summed E-state index contributed by atoms with van der Waals surface area (Å²) in [6, 6.07) is 6.71. The number of hydrogen-bond donors (Lipinski definition) is 1. The number of anilines is 1. The Morgan fingerprint density at radius 3 is 2.59 bits per heavy atom. The first-order valence-electron chi connectivity index (χ1n) is 8.96. The molecule has 1 unspecified atom stereocenters. The van der Waals surface area contributed by atoms with Gasteiger partial charge in [0.1, 0.15) is 0 Å². The first-order chi connectivity index (χ1) is 12.7. The van der Waals surface area contributed by atoms with Gasteiger partial charge in [-0.25, -0.2) is 0 Å². The molecule has 0 aliphatic carbocycles. The predicted octanol–water partition coefficient (Wildman–Crippen LogP) is 4.97. The van der Waals surface area contributed by atoms with E-state index in [9.17, 15) is 13.2 Å². The Morgan fingerprint density at radius 2 is 2.04 bits per heavy atom. The molecule has 1 aliphatic rings. The maximum absolute atomic E-state index is 13.3. The van der Waals surface area contributed by atoms with Gasteiger partial charge >= 0.3 is 6.18 Å². The minimum absolute atomic E-state index is 0.280. The largest absolute Gasteiger partial charge is 0.401 e. The van der Waals surface area contributed by atoms with Crippen molar-refractivity contribution in [3.05, 3.63) is 65.0 Å². The molecule has 1 aromatic heterocycles. The molecule has 3 nitrogen and oxygen atoms in total. The molecule has 0 fully saturated rings. The molecule has 3 rings (SSSR count). The number of hydrogen-bond acceptors (Lipinski definition) is 3. The second-order valence-corrected chi connectivity index (χ2v) is 7.05. The smallest absolute Gasteiger partial charge is 0.388 e. The van der Waals surface area contributed by atoms with E-state index in [-0.39, 0.29) is 6.04 Å². The monoisotopic (exact) mass is 375 g/mol. The summed E-state index contributed by atoms with van der Waals surface area (Å²) >= 11 is 0. The van der Waals surface area contributed by atoms with Crippen LogP contribution in [0.1, 0.15) is 40.9 Å². The third-order valence-electron chi connectivity index (χ3n) is 5.13. The second-order valence-electron chi connectivity index (χ2n) is 7.05. The van der Waals surface area contributed by atoms with Gasteiger partial charge in [0.05, 0.1) is 18.3 Å². The molecule has 0 bridgehead atoms. The van der Waals surface area contributed by atoms with Gasteiger partial charge in [-0.1, -0.05) is 24.8 Å². The van der Waals surface area contributed by atoms with Crippen molar-refractivity contribution in [1.29, 1.82) is 0 Å². The Morgan fingerprint density at radius 1 is 1.30 bits per heavy atom. The fourth-order valence-corrected chi connectivity index (χ4v) is 3.89. The highest BCUT2D eigenvalue weighted by Gasteiger charge is 2.41. The number of rotatable bonds is 4. The Hall–Kier alpha value is -2.34. The lowest BCUT2D eigenvalue weighted by molar-refractivity contribution is -0.155. The van der Waals surface area contributed by atoms with Crippen molar-refractivity contribution in [3.63, 3.8) is 0 Å². The third kappa shape index (κ3) is 3.86. The number of aryl methyl sites for hydroxylation is 1. The quantitative estimate of drug-likeness (QED) is 0.818. The minimum atomic E-state index is -4.28. The van der Waals surface area contributed by atoms with Crippen LogP contribution in [0.4, 0.5) is 18.9 Å². The molecule has 0 spiro atoms. The zero-order chi connectivity index (χ0) is 19.8. The van der Waals surface area contributed by atoms with E-state index in [0.29, 0.717) is 12.1 Å². The van der Waals surface area contributed by atoms with Gasteiger partial charge in [0.15, 0.2) is 0 Å². The molecule has 27 heavy (non-hydrogen) atoms. The lowest BCUT2D eigenvalue weighted by atomic mass is 9.83. The van der Waals surface area contributed by atoms with Crippen LogP contribution in [-0.2, 0) is 6.42 Å². The van der Waals surface area contributed by atoms with Crippen molar-refractivity contribution in [3.8, 4) is 0 Å². The highest BCUT2D eigenvalue weighted by atomic mass is 19.4. The lowest BCUT2D eigenvalue weighted by Gasteiger charge is -2.42. The van der Waals surface area contributed by atoms with Gasteiger partial charge in [-0.3, -0.25) is 9.88 Å². The summed E-state index contributed by atoms with van der Waals surface area (Å²) in [5.41, 5.74) is 5.38. The number of pyridine rings is 1. The molecule has 6 heteroatoms. The number of halogens is 3. The lowest BCUT2D eigenvalue weighted by Crippen LogP contribution is -2.47. The first kappa shape index (κ1) is 19.4. The van der Waals surface area contributed by atoms with Crippen molar-refractivity contribution >= 4 is 11.8 Å². The SMILES string of the molecule is C=Cc1c(NC)ccc2c1C[C@@H](C)N(CC(F)(F)F)C2c1ccc(C)cn1. The summed E-state index contributed by atoms with van der Waals surface area (Å²) in [5.74, 6) is 0. The molecule has 2 heterocycles. The average molecular weight is 375 g/mol. The van der Waals surface area contributed by atoms with Crippen LogP contribution < -0.4 is 5.32 Å². The number of aromatic nitrogens is 1. The van der Waals surface area contributed by atoms with E-state index in [0.717, 1.165) is 27.9 Å². The predicted molar refractivity (Wildman–Crippen MR) is 103 cm³/mol. The van der Waals surface area contributed by atoms with Crippen LogP contribution in [0.5, 0.6) is 0 Å². The van der Waals surface area contributed by atoms with Crippen LogP contribution in [0.15, 0.2) is 37.0 Å². The summed E-state index contributed by atoms with van der Waals surface area (Å²) in [5, 5.41) is 3.14. The van der Waals surface area contributed by atoms with E-state index in [2.05, 4.69) is 16.9 Å². The summed E-state index contributed by atoms with van der Waals surface area (Å²) < 4.78 is 40.0. The molecule has 1 N–H and O–H groups in total. The first-order valence-corrected chi connectivity index (χ1v) is 8.96. The number of alkyl halides is 3. The Balaban J connectivity index is 2.20. The van der Waals surface area contributed by atoms with Crippen LogP contribution in [0.3, 0.4) is 0 Å². The van der Waals surface area contributed by atoms with Gasteiger partial charge < -0.3 is 5.32 Å². The highest BCUT2D eigenvalue weighted by Crippen LogP contribution is 2.42. The van der Waals surface area contributed by atoms with E-state index < -0.39 is 18.8 Å². The standard InChI is InChI=1S/C21H24F3N3/c1-5-15-17-10-14(3)27(12-21(22,23)24)20(16(17)7-9-18(15)25-4)19-8-6-13(2)11-26-19/h5-9,11,14,20,25H,1,10,12H2,2-4H3/t14-,20?/m1/s1. The van der Waals surface area contributed by atoms with E-state index in [1.165, 1.54) is 4.90 Å². The molecule has 0 radical (unpaired) electrons. The van der Waals surface area contributed by atoms with Gasteiger partial charge in [0.2, 0.25) is 0 Å². The van der Waals surface area contributed by atoms with Gasteiger partial charge in [0, 0.05) is 30.5 Å². The van der Waals surface area contributed by atoms with E-state index in [1.54, 1.807) is 12.3 Å². The molecule has 1 aromatic carbocycles. The van der Waals surface area contributed by atoms with E-state index in [1.807, 2.05) is 45.2 Å². The van der Waals surface area contributed by atoms with E-state index >= 15 is 0 Å². The molecule has 0 saturated carbocycles. The van der Waals surface area contributed by atoms with Crippen LogP contribution in [0.25, 0.3) is 6.08 Å². The fraction of sp³-hybridized carbons (Fsp3) is 0.381. The van der Waals surface area contributed by atoms with Gasteiger partial charge in [-0.15, -0.1) is 0 Å². The molecule has 2 atom stereocenters. The molecular formula is C21H24F3N3. The maximum atomic E-state index is 13.3. The summed E-state index contributed by atoms with van der Waals surface area (Å²) in [6.45, 7) is 6.70. The number of fused-ring (bicyclic) bond motifs is 1. The Bertz CT molecular complexity index is 828. The van der Waals surface area contributed by atoms with Crippen molar-refractivity contribution in [2.45, 2.75) is 38.5 Å². The molecule has 0 saturated heterocycles. The zero-order valence-corrected chi connectivity index (χ0v) is 15.8. The van der Waals surface area contributed by atoms with Crippen LogP contribution in [0, 0.1) is 6.92 Å². The third-order valence-corrected chi connectivity index (χ3v) is 5.13. The topological polar surface area (TPSA) is 28.2 Å². The van der Waals surface area contributed by atoms with Crippen molar-refractivity contribution in [1.82, 2.24) is 9.88 Å². The summed E-state index contributed by atoms with van der Waals surface area (Å²) in [7, 11) is 1.83. The van der Waals surface area contributed by atoms with Crippen molar-refractivity contribution in [2.75, 3.05) is 18.9 Å². The van der Waals surface area contributed by atoms with Gasteiger partial charge in [-0.05, 0) is 49.1 Å². The molecular weight excluding hydrogens is 351 g/mol. The maximum Gasteiger partial charge on any atom is 0.401 e. The van der Waals surface area contributed by atoms with Gasteiger partial charge in [0.25, 0.3) is 0 Å². The van der Waals surface area contributed by atoms with Gasteiger partial charge in [-0.2, -0.15) is 13.2 Å². The number of nitrogens with one attached hydrogen (secondary N) is 1. The van der Waals surface area contributed by atoms with Crippen molar-refractivity contribution < 1.29 is 13.2 Å². The van der Waals surface area contributed by atoms with Crippen LogP contribution in [-0.4, -0.2) is 35.7 Å². The molecule has 144 valence electrons. The molecule has 2 aromatic rings. The molecule has 0 amide bonds. The minimum Gasteiger partial charge on any atom is -0.388 e. The number of nitrogens with zero attached hydrogens (tertiary/aromatic N) is 2. The summed E-state index contributed by atoms with van der Waals surface area (Å²) in [6.07, 6.45) is -0.265. The molecule has 1 aliphatic heterocycles. The normalized spacial score (nSPS) is 20.2. The number of benzene rings is 1. The second kappa shape index (κ2) is 7.35. The average Bonchev–Trinajstić information content (AvgIpc) is 2.61. The zero-order valence-electron chi connectivity index (χ0n) is 15.8. The van der Waals surface area contributed by atoms with Crippen LogP contribution in [0.2, 0.25) is 0 Å². The van der Waals surface area contributed by atoms with Crippen molar-refractivity contribution in [2.24, 2.45) is 0 Å². The highest BCUT2D eigenvalue weighted by molar-refractivity contribution is 5.71. The Kier molecular flexibility index (Phi) is 5.29. The van der Waals surface area contributed by atoms with E-state index in [4.69, 9.17) is 0 Å². The summed E-state index contributed by atoms with van der Waals surface area (Å²) in [4.78, 5) is 5.97. The van der Waals surface area contributed by atoms with Crippen LogP contribution >= 0.6 is 0 Å². The fourth-order valence-electron chi connectivity index (χ4n) is 3.89. The Labute approximate surface area is 157 Å².